The molecule has 2 atom stereocenters. The van der Waals surface area contributed by atoms with Gasteiger partial charge in [-0.25, -0.2) is 4.98 Å². The number of carbonyl (C=O) groups is 2. The average Bonchev–Trinajstić information content (AvgIpc) is 3.54. The predicted molar refractivity (Wildman–Crippen MR) is 132 cm³/mol. The number of rotatable bonds is 6. The van der Waals surface area contributed by atoms with E-state index in [1.807, 2.05) is 48.4 Å². The van der Waals surface area contributed by atoms with Crippen molar-refractivity contribution in [2.75, 3.05) is 6.54 Å². The standard InChI is InChI=1S/C25H32N2O2S.C2H6/c1-3-18-9-7-12-20(15-18)23(28)21-16-30-24(26-21)22-13-8-14-27(22)25(29)17(2)19-10-5-4-6-11-19;1-2/h7,9,12,15-17,19,22H,3-6,8,10-11,13-14H2,1-2H3;1-2H3/t17-,22-;/m0./s1. The van der Waals surface area contributed by atoms with E-state index in [0.29, 0.717) is 17.2 Å². The Labute approximate surface area is 197 Å². The van der Waals surface area contributed by atoms with Gasteiger partial charge < -0.3 is 4.90 Å². The molecule has 174 valence electrons. The van der Waals surface area contributed by atoms with Crippen molar-refractivity contribution in [1.82, 2.24) is 9.88 Å². The highest BCUT2D eigenvalue weighted by Gasteiger charge is 2.37. The van der Waals surface area contributed by atoms with E-state index in [1.165, 1.54) is 43.4 Å². The van der Waals surface area contributed by atoms with Gasteiger partial charge in [0.05, 0.1) is 6.04 Å². The summed E-state index contributed by atoms with van der Waals surface area (Å²) in [5.41, 5.74) is 2.35. The molecule has 5 heteroatoms. The lowest BCUT2D eigenvalue weighted by Crippen LogP contribution is -2.38. The molecule has 2 aromatic rings. The summed E-state index contributed by atoms with van der Waals surface area (Å²) in [5, 5.41) is 2.77. The monoisotopic (exact) mass is 454 g/mol. The van der Waals surface area contributed by atoms with E-state index < -0.39 is 0 Å². The number of aromatic nitrogens is 1. The van der Waals surface area contributed by atoms with E-state index in [4.69, 9.17) is 4.98 Å². The smallest absolute Gasteiger partial charge is 0.226 e. The lowest BCUT2D eigenvalue weighted by Gasteiger charge is -2.32. The molecule has 0 N–H and O–H groups in total. The number of aryl methyl sites for hydroxylation is 1. The zero-order chi connectivity index (χ0) is 23.1. The van der Waals surface area contributed by atoms with Gasteiger partial charge in [0.2, 0.25) is 11.7 Å². The van der Waals surface area contributed by atoms with Crippen LogP contribution in [0.2, 0.25) is 0 Å². The van der Waals surface area contributed by atoms with Crippen LogP contribution in [0.15, 0.2) is 29.6 Å². The summed E-state index contributed by atoms with van der Waals surface area (Å²) >= 11 is 1.52. The first-order valence-electron chi connectivity index (χ1n) is 12.5. The highest BCUT2D eigenvalue weighted by atomic mass is 32.1. The van der Waals surface area contributed by atoms with Gasteiger partial charge in [-0.05, 0) is 49.7 Å². The third-order valence-electron chi connectivity index (χ3n) is 6.92. The third kappa shape index (κ3) is 5.48. The van der Waals surface area contributed by atoms with E-state index in [1.54, 1.807) is 0 Å². The van der Waals surface area contributed by atoms with E-state index >= 15 is 0 Å². The van der Waals surface area contributed by atoms with E-state index in [-0.39, 0.29) is 23.7 Å². The third-order valence-corrected chi connectivity index (χ3v) is 7.87. The minimum absolute atomic E-state index is 0.0251. The molecule has 1 saturated heterocycles. The molecule has 1 amide bonds. The van der Waals surface area contributed by atoms with Gasteiger partial charge in [0, 0.05) is 23.4 Å². The van der Waals surface area contributed by atoms with Crippen LogP contribution in [0.25, 0.3) is 0 Å². The second kappa shape index (κ2) is 11.7. The van der Waals surface area contributed by atoms with Gasteiger partial charge in [-0.2, -0.15) is 0 Å². The summed E-state index contributed by atoms with van der Waals surface area (Å²) in [5.74, 6) is 0.859. The number of ketones is 1. The van der Waals surface area contributed by atoms with Crippen molar-refractivity contribution in [2.24, 2.45) is 11.8 Å². The van der Waals surface area contributed by atoms with Crippen LogP contribution in [0.4, 0.5) is 0 Å². The molecule has 4 nitrogen and oxygen atoms in total. The summed E-state index contributed by atoms with van der Waals surface area (Å²) < 4.78 is 0. The van der Waals surface area contributed by atoms with Gasteiger partial charge in [-0.1, -0.05) is 65.2 Å². The zero-order valence-electron chi connectivity index (χ0n) is 20.1. The molecule has 2 fully saturated rings. The molecule has 1 saturated carbocycles. The minimum Gasteiger partial charge on any atom is -0.333 e. The number of carbonyl (C=O) groups excluding carboxylic acids is 2. The summed E-state index contributed by atoms with van der Waals surface area (Å²) in [4.78, 5) is 33.0. The first-order valence-corrected chi connectivity index (χ1v) is 13.4. The lowest BCUT2D eigenvalue weighted by atomic mass is 9.80. The molecule has 0 unspecified atom stereocenters. The Bertz CT molecular complexity index is 901. The Balaban J connectivity index is 0.00000141. The second-order valence-corrected chi connectivity index (χ2v) is 9.72. The quantitative estimate of drug-likeness (QED) is 0.449. The fourth-order valence-electron chi connectivity index (χ4n) is 5.01. The maximum Gasteiger partial charge on any atom is 0.226 e. The number of hydrogen-bond donors (Lipinski definition) is 0. The normalized spacial score (nSPS) is 19.9. The van der Waals surface area contributed by atoms with Crippen molar-refractivity contribution in [3.05, 3.63) is 51.5 Å². The molecule has 32 heavy (non-hydrogen) atoms. The second-order valence-electron chi connectivity index (χ2n) is 8.83. The predicted octanol–water partition coefficient (Wildman–Crippen LogP) is 6.84. The number of thiazole rings is 1. The van der Waals surface area contributed by atoms with Gasteiger partial charge in [0.25, 0.3) is 0 Å². The maximum absolute atomic E-state index is 13.3. The Morgan fingerprint density at radius 2 is 1.88 bits per heavy atom. The zero-order valence-corrected chi connectivity index (χ0v) is 20.9. The number of benzene rings is 1. The Morgan fingerprint density at radius 3 is 2.59 bits per heavy atom. The van der Waals surface area contributed by atoms with Gasteiger partial charge in [-0.15, -0.1) is 11.3 Å². The van der Waals surface area contributed by atoms with Crippen molar-refractivity contribution in [2.45, 2.75) is 85.1 Å². The maximum atomic E-state index is 13.3. The minimum atomic E-state index is -0.0285. The molecule has 1 aliphatic carbocycles. The lowest BCUT2D eigenvalue weighted by molar-refractivity contribution is -0.138. The van der Waals surface area contributed by atoms with Crippen molar-refractivity contribution in [3.63, 3.8) is 0 Å². The van der Waals surface area contributed by atoms with Crippen molar-refractivity contribution in [1.29, 1.82) is 0 Å². The van der Waals surface area contributed by atoms with Crippen LogP contribution in [-0.4, -0.2) is 28.1 Å². The molecule has 4 rings (SSSR count). The molecule has 1 aromatic carbocycles. The Kier molecular flexibility index (Phi) is 9.03. The van der Waals surface area contributed by atoms with Gasteiger partial charge in [0.1, 0.15) is 10.7 Å². The Morgan fingerprint density at radius 1 is 1.12 bits per heavy atom. The molecule has 0 spiro atoms. The average molecular weight is 455 g/mol. The first-order chi connectivity index (χ1) is 15.6. The van der Waals surface area contributed by atoms with Crippen LogP contribution in [0.5, 0.6) is 0 Å². The molecule has 1 aliphatic heterocycles. The van der Waals surface area contributed by atoms with Crippen LogP contribution < -0.4 is 0 Å². The molecule has 2 aliphatic rings. The summed E-state index contributed by atoms with van der Waals surface area (Å²) in [7, 11) is 0. The number of amides is 1. The van der Waals surface area contributed by atoms with Crippen LogP contribution in [0.3, 0.4) is 0 Å². The number of hydrogen-bond acceptors (Lipinski definition) is 4. The number of nitrogens with zero attached hydrogens (tertiary/aromatic N) is 2. The Hall–Kier alpha value is -2.01. The fraction of sp³-hybridized carbons (Fsp3) is 0.593. The number of likely N-dealkylation sites (tertiary alicyclic amines) is 1. The fourth-order valence-corrected chi connectivity index (χ4v) is 5.96. The van der Waals surface area contributed by atoms with E-state index in [9.17, 15) is 9.59 Å². The van der Waals surface area contributed by atoms with Crippen LogP contribution >= 0.6 is 11.3 Å². The molecule has 0 bridgehead atoms. The molecule has 0 radical (unpaired) electrons. The SMILES string of the molecule is CC.CCc1cccc(C(=O)c2csc([C@@H]3CCCN3C(=O)[C@@H](C)C3CCCCC3)n2)c1. The topological polar surface area (TPSA) is 50.3 Å². The van der Waals surface area contributed by atoms with Crippen LogP contribution in [-0.2, 0) is 11.2 Å². The molecular weight excluding hydrogens is 416 g/mol. The van der Waals surface area contributed by atoms with E-state index in [2.05, 4.69) is 13.8 Å². The van der Waals surface area contributed by atoms with Gasteiger partial charge in [-0.3, -0.25) is 9.59 Å². The summed E-state index contributed by atoms with van der Waals surface area (Å²) in [6, 6.07) is 7.82. The summed E-state index contributed by atoms with van der Waals surface area (Å²) in [6.07, 6.45) is 9.02. The van der Waals surface area contributed by atoms with Crippen LogP contribution in [0, 0.1) is 11.8 Å². The first kappa shape index (κ1) is 24.6. The van der Waals surface area contributed by atoms with Crippen molar-refractivity contribution >= 4 is 23.0 Å². The van der Waals surface area contributed by atoms with Gasteiger partial charge in [0.15, 0.2) is 0 Å². The molecule has 2 heterocycles. The van der Waals surface area contributed by atoms with Gasteiger partial charge >= 0.3 is 0 Å². The van der Waals surface area contributed by atoms with Crippen LogP contribution in [0.1, 0.15) is 105 Å². The largest absolute Gasteiger partial charge is 0.333 e. The van der Waals surface area contributed by atoms with Crippen molar-refractivity contribution < 1.29 is 9.59 Å². The highest BCUT2D eigenvalue weighted by Crippen LogP contribution is 2.38. The van der Waals surface area contributed by atoms with E-state index in [0.717, 1.165) is 36.4 Å². The molecule has 1 aromatic heterocycles. The van der Waals surface area contributed by atoms with Crippen molar-refractivity contribution in [3.8, 4) is 0 Å². The molecular formula is C27H38N2O2S. The summed E-state index contributed by atoms with van der Waals surface area (Å²) in [6.45, 7) is 9.01. The highest BCUT2D eigenvalue weighted by molar-refractivity contribution is 7.10.